The maximum atomic E-state index is 9.93. The van der Waals surface area contributed by atoms with E-state index >= 15 is 0 Å². The van der Waals surface area contributed by atoms with Crippen LogP contribution in [0.25, 0.3) is 22.4 Å². The van der Waals surface area contributed by atoms with Gasteiger partial charge >= 0.3 is 0 Å². The van der Waals surface area contributed by atoms with Gasteiger partial charge < -0.3 is 14.4 Å². The van der Waals surface area contributed by atoms with Crippen LogP contribution in [0, 0.1) is 0 Å². The third-order valence-corrected chi connectivity index (χ3v) is 6.27. The number of rotatable bonds is 10. The number of nitrogens with zero attached hydrogens (tertiary/aromatic N) is 1. The van der Waals surface area contributed by atoms with Crippen molar-refractivity contribution in [3.63, 3.8) is 0 Å². The van der Waals surface area contributed by atoms with E-state index in [1.807, 2.05) is 18.2 Å². The molecule has 0 aliphatic carbocycles. The summed E-state index contributed by atoms with van der Waals surface area (Å²) in [6, 6.07) is 29.8. The van der Waals surface area contributed by atoms with E-state index in [4.69, 9.17) is 4.74 Å². The molecule has 0 bridgehead atoms. The van der Waals surface area contributed by atoms with Gasteiger partial charge in [-0.25, -0.2) is 0 Å². The van der Waals surface area contributed by atoms with E-state index < -0.39 is 0 Å². The Morgan fingerprint density at radius 1 is 0.697 bits per heavy atom. The molecule has 0 atom stereocenters. The highest BCUT2D eigenvalue weighted by molar-refractivity contribution is 5.65. The number of unbranched alkanes of at least 4 members (excludes halogenated alkanes) is 2. The topological polar surface area (TPSA) is 34.4 Å². The van der Waals surface area contributed by atoms with E-state index in [9.17, 15) is 5.11 Å². The van der Waals surface area contributed by atoms with Crippen LogP contribution >= 0.6 is 0 Å². The minimum absolute atomic E-state index is 0.0268. The first kappa shape index (κ1) is 22.9. The smallest absolute Gasteiger partial charge is 0.118 e. The summed E-state index contributed by atoms with van der Waals surface area (Å²) >= 11 is 0. The van der Waals surface area contributed by atoms with Crippen LogP contribution in [0.4, 0.5) is 0 Å². The van der Waals surface area contributed by atoms with Gasteiger partial charge in [0, 0.05) is 17.9 Å². The average molecular weight is 440 g/mol. The lowest BCUT2D eigenvalue weighted by Crippen LogP contribution is -2.06. The van der Waals surface area contributed by atoms with E-state index in [0.29, 0.717) is 0 Å². The molecule has 4 rings (SSSR count). The number of methoxy groups -OCH3 is 1. The number of aromatic nitrogens is 1. The van der Waals surface area contributed by atoms with Crippen molar-refractivity contribution >= 4 is 0 Å². The fourth-order valence-electron chi connectivity index (χ4n) is 4.28. The lowest BCUT2D eigenvalue weighted by Gasteiger charge is -2.14. The van der Waals surface area contributed by atoms with E-state index in [1.54, 1.807) is 7.11 Å². The second-order valence-electron chi connectivity index (χ2n) is 8.53. The molecule has 0 saturated carbocycles. The zero-order valence-corrected chi connectivity index (χ0v) is 19.6. The molecule has 0 radical (unpaired) electrons. The summed E-state index contributed by atoms with van der Waals surface area (Å²) in [5.41, 5.74) is 8.19. The predicted octanol–water partition coefficient (Wildman–Crippen LogP) is 7.10. The van der Waals surface area contributed by atoms with Crippen LogP contribution < -0.4 is 4.74 Å². The zero-order valence-electron chi connectivity index (χ0n) is 19.6. The van der Waals surface area contributed by atoms with Gasteiger partial charge in [-0.1, -0.05) is 80.4 Å². The molecule has 0 spiro atoms. The molecule has 33 heavy (non-hydrogen) atoms. The minimum Gasteiger partial charge on any atom is -0.497 e. The summed E-state index contributed by atoms with van der Waals surface area (Å²) in [4.78, 5) is 0. The first-order valence-electron chi connectivity index (χ1n) is 11.8. The van der Waals surface area contributed by atoms with Crippen molar-refractivity contribution in [2.24, 2.45) is 0 Å². The molecule has 0 aliphatic heterocycles. The Morgan fingerprint density at radius 3 is 1.91 bits per heavy atom. The zero-order chi connectivity index (χ0) is 23.0. The summed E-state index contributed by atoms with van der Waals surface area (Å²) < 4.78 is 7.47. The van der Waals surface area contributed by atoms with Crippen LogP contribution in [-0.2, 0) is 19.6 Å². The highest BCUT2D eigenvalue weighted by atomic mass is 16.5. The van der Waals surface area contributed by atoms with Crippen LogP contribution in [0.2, 0.25) is 0 Å². The highest BCUT2D eigenvalue weighted by Crippen LogP contribution is 2.27. The Morgan fingerprint density at radius 2 is 1.30 bits per heavy atom. The first-order valence-corrected chi connectivity index (χ1v) is 11.8. The van der Waals surface area contributed by atoms with Gasteiger partial charge in [-0.3, -0.25) is 0 Å². The van der Waals surface area contributed by atoms with E-state index in [-0.39, 0.29) is 6.61 Å². The number of aryl methyl sites for hydroxylation is 1. The lowest BCUT2D eigenvalue weighted by molar-refractivity contribution is 0.272. The summed E-state index contributed by atoms with van der Waals surface area (Å²) in [5.74, 6) is 0.862. The molecule has 0 amide bonds. The molecular formula is C30H33NO2. The molecular weight excluding hydrogens is 406 g/mol. The van der Waals surface area contributed by atoms with Crippen LogP contribution in [0.1, 0.15) is 43.0 Å². The number of aliphatic hydroxyl groups excluding tert-OH is 1. The van der Waals surface area contributed by atoms with Crippen LogP contribution in [-0.4, -0.2) is 16.8 Å². The van der Waals surface area contributed by atoms with E-state index in [0.717, 1.165) is 30.1 Å². The SMILES string of the molecule is CCCCCc1ccc(-c2ccc(CO)n2Cc2ccc(-c3ccc(OC)cc3)cc2)cc1. The van der Waals surface area contributed by atoms with Gasteiger partial charge in [-0.2, -0.15) is 0 Å². The van der Waals surface area contributed by atoms with Crippen molar-refractivity contribution in [1.82, 2.24) is 4.57 Å². The molecule has 1 N–H and O–H groups in total. The second kappa shape index (κ2) is 11.0. The molecule has 0 saturated heterocycles. The normalized spacial score (nSPS) is 11.0. The first-order chi connectivity index (χ1) is 16.2. The largest absolute Gasteiger partial charge is 0.497 e. The maximum absolute atomic E-state index is 9.93. The molecule has 4 aromatic rings. The van der Waals surface area contributed by atoms with Gasteiger partial charge in [0.2, 0.25) is 0 Å². The van der Waals surface area contributed by atoms with Crippen molar-refractivity contribution in [2.45, 2.75) is 45.8 Å². The molecule has 1 heterocycles. The standard InChI is InChI=1S/C30H33NO2/c1-3-4-5-6-23-7-13-27(14-8-23)30-20-17-28(22-32)31(30)21-24-9-11-25(12-10-24)26-15-18-29(33-2)19-16-26/h7-20,32H,3-6,21-22H2,1-2H3. The van der Waals surface area contributed by atoms with E-state index in [2.05, 4.69) is 78.2 Å². The molecule has 0 aliphatic rings. The second-order valence-corrected chi connectivity index (χ2v) is 8.53. The van der Waals surface area contributed by atoms with Crippen molar-refractivity contribution in [3.05, 3.63) is 102 Å². The van der Waals surface area contributed by atoms with Crippen LogP contribution in [0.5, 0.6) is 5.75 Å². The Balaban J connectivity index is 1.52. The lowest BCUT2D eigenvalue weighted by atomic mass is 10.0. The third-order valence-electron chi connectivity index (χ3n) is 6.27. The molecule has 0 unspecified atom stereocenters. The van der Waals surface area contributed by atoms with Gasteiger partial charge in [0.25, 0.3) is 0 Å². The number of aliphatic hydroxyl groups is 1. The maximum Gasteiger partial charge on any atom is 0.118 e. The summed E-state index contributed by atoms with van der Waals surface area (Å²) in [6.07, 6.45) is 4.91. The van der Waals surface area contributed by atoms with Gasteiger partial charge in [0.15, 0.2) is 0 Å². The van der Waals surface area contributed by atoms with Crippen molar-refractivity contribution in [3.8, 4) is 28.1 Å². The van der Waals surface area contributed by atoms with Crippen molar-refractivity contribution in [1.29, 1.82) is 0 Å². The van der Waals surface area contributed by atoms with E-state index in [1.165, 1.54) is 47.1 Å². The Kier molecular flexibility index (Phi) is 7.64. The average Bonchev–Trinajstić information content (AvgIpc) is 3.27. The molecule has 3 heteroatoms. The van der Waals surface area contributed by atoms with Gasteiger partial charge in [0.05, 0.1) is 13.7 Å². The number of hydrogen-bond donors (Lipinski definition) is 1. The molecule has 0 fully saturated rings. The number of benzene rings is 3. The quantitative estimate of drug-likeness (QED) is 0.267. The molecule has 3 aromatic carbocycles. The van der Waals surface area contributed by atoms with Gasteiger partial charge in [-0.15, -0.1) is 0 Å². The minimum atomic E-state index is 0.0268. The van der Waals surface area contributed by atoms with Gasteiger partial charge in [-0.05, 0) is 64.9 Å². The number of hydrogen-bond acceptors (Lipinski definition) is 2. The number of ether oxygens (including phenoxy) is 1. The fourth-order valence-corrected chi connectivity index (χ4v) is 4.28. The Hall–Kier alpha value is -3.30. The molecule has 3 nitrogen and oxygen atoms in total. The molecule has 1 aromatic heterocycles. The van der Waals surface area contributed by atoms with Crippen LogP contribution in [0.3, 0.4) is 0 Å². The third kappa shape index (κ3) is 5.55. The summed E-state index contributed by atoms with van der Waals surface area (Å²) in [7, 11) is 1.68. The fraction of sp³-hybridized carbons (Fsp3) is 0.267. The van der Waals surface area contributed by atoms with Crippen molar-refractivity contribution in [2.75, 3.05) is 7.11 Å². The molecule has 170 valence electrons. The highest BCUT2D eigenvalue weighted by Gasteiger charge is 2.11. The predicted molar refractivity (Wildman–Crippen MR) is 137 cm³/mol. The Bertz CT molecular complexity index is 1140. The summed E-state index contributed by atoms with van der Waals surface area (Å²) in [5, 5.41) is 9.93. The van der Waals surface area contributed by atoms with Crippen molar-refractivity contribution < 1.29 is 9.84 Å². The van der Waals surface area contributed by atoms with Crippen LogP contribution in [0.15, 0.2) is 84.9 Å². The summed E-state index contributed by atoms with van der Waals surface area (Å²) in [6.45, 7) is 2.99. The monoisotopic (exact) mass is 439 g/mol. The Labute approximate surface area is 197 Å². The van der Waals surface area contributed by atoms with Gasteiger partial charge in [0.1, 0.15) is 5.75 Å².